The van der Waals surface area contributed by atoms with Crippen molar-refractivity contribution in [3.8, 4) is 0 Å². The fourth-order valence-corrected chi connectivity index (χ4v) is 2.57. The third-order valence-electron chi connectivity index (χ3n) is 3.92. The quantitative estimate of drug-likeness (QED) is 0.383. The Bertz CT molecular complexity index is 832. The Labute approximate surface area is 147 Å². The van der Waals surface area contributed by atoms with Gasteiger partial charge in [0.25, 0.3) is 0 Å². The first-order chi connectivity index (χ1) is 12.3. The van der Waals surface area contributed by atoms with Crippen LogP contribution in [0.25, 0.3) is 5.65 Å². The van der Waals surface area contributed by atoms with Gasteiger partial charge in [-0.25, -0.2) is 4.99 Å². The van der Waals surface area contributed by atoms with E-state index in [0.29, 0.717) is 6.54 Å². The van der Waals surface area contributed by atoms with E-state index < -0.39 is 0 Å². The molecule has 0 saturated heterocycles. The highest BCUT2D eigenvalue weighted by Crippen LogP contribution is 2.04. The van der Waals surface area contributed by atoms with E-state index in [1.165, 1.54) is 0 Å². The number of aromatic nitrogens is 5. The molecule has 3 aromatic heterocycles. The van der Waals surface area contributed by atoms with Gasteiger partial charge in [0, 0.05) is 39.0 Å². The van der Waals surface area contributed by atoms with Gasteiger partial charge in [-0.3, -0.25) is 9.08 Å². The molecule has 0 amide bonds. The monoisotopic (exact) mass is 340 g/mol. The van der Waals surface area contributed by atoms with Crippen molar-refractivity contribution in [1.29, 1.82) is 0 Å². The average Bonchev–Trinajstić information content (AvgIpc) is 3.22. The summed E-state index contributed by atoms with van der Waals surface area (Å²) in [4.78, 5) is 4.60. The number of aliphatic imine (C=N–C) groups is 1. The van der Waals surface area contributed by atoms with Gasteiger partial charge in [-0.05, 0) is 31.5 Å². The molecule has 8 heteroatoms. The van der Waals surface area contributed by atoms with Gasteiger partial charge in [-0.1, -0.05) is 6.07 Å². The molecular formula is C17H24N8. The molecule has 8 nitrogen and oxygen atoms in total. The van der Waals surface area contributed by atoms with Crippen molar-refractivity contribution >= 4 is 11.6 Å². The molecule has 3 heterocycles. The lowest BCUT2D eigenvalue weighted by atomic mass is 10.3. The molecule has 0 aliphatic rings. The fraction of sp³-hybridized carbons (Fsp3) is 0.412. The maximum atomic E-state index is 4.60. The lowest BCUT2D eigenvalue weighted by Crippen LogP contribution is -2.38. The maximum Gasteiger partial charge on any atom is 0.191 e. The predicted molar refractivity (Wildman–Crippen MR) is 97.3 cm³/mol. The van der Waals surface area contributed by atoms with Crippen LogP contribution in [-0.4, -0.2) is 43.4 Å². The molecule has 0 atom stereocenters. The number of aryl methyl sites for hydroxylation is 2. The molecule has 0 radical (unpaired) electrons. The van der Waals surface area contributed by atoms with Crippen molar-refractivity contribution in [2.75, 3.05) is 13.1 Å². The lowest BCUT2D eigenvalue weighted by Gasteiger charge is -2.11. The van der Waals surface area contributed by atoms with E-state index in [0.717, 1.165) is 49.1 Å². The van der Waals surface area contributed by atoms with E-state index in [1.807, 2.05) is 46.6 Å². The van der Waals surface area contributed by atoms with E-state index in [4.69, 9.17) is 0 Å². The molecule has 2 N–H and O–H groups in total. The maximum absolute atomic E-state index is 4.60. The summed E-state index contributed by atoms with van der Waals surface area (Å²) in [6, 6.07) is 7.90. The normalized spacial score (nSPS) is 11.8. The van der Waals surface area contributed by atoms with Crippen LogP contribution < -0.4 is 10.6 Å². The number of nitrogens with zero attached hydrogens (tertiary/aromatic N) is 6. The van der Waals surface area contributed by atoms with Gasteiger partial charge in [0.1, 0.15) is 5.82 Å². The van der Waals surface area contributed by atoms with Gasteiger partial charge in [0.2, 0.25) is 0 Å². The van der Waals surface area contributed by atoms with E-state index in [2.05, 4.69) is 37.8 Å². The molecule has 0 unspecified atom stereocenters. The second-order valence-corrected chi connectivity index (χ2v) is 5.72. The first kappa shape index (κ1) is 16.9. The zero-order valence-corrected chi connectivity index (χ0v) is 14.7. The molecule has 0 fully saturated rings. The molecule has 3 aromatic rings. The zero-order chi connectivity index (χ0) is 17.5. The van der Waals surface area contributed by atoms with Crippen LogP contribution in [-0.2, 0) is 20.0 Å². The van der Waals surface area contributed by atoms with Crippen LogP contribution in [0.15, 0.2) is 41.7 Å². The minimum Gasteiger partial charge on any atom is -0.357 e. The number of nitrogens with one attached hydrogen (secondary N) is 2. The standard InChI is InChI=1S/C17H24N8/c1-3-18-17(20-13-14-9-11-21-24(14)2)19-10-6-8-16-23-22-15-7-4-5-12-25(15)16/h4-5,7,9,11-12H,3,6,8,10,13H2,1-2H3,(H2,18,19,20). The second-order valence-electron chi connectivity index (χ2n) is 5.72. The highest BCUT2D eigenvalue weighted by atomic mass is 15.3. The van der Waals surface area contributed by atoms with Crippen LogP contribution in [0.5, 0.6) is 0 Å². The van der Waals surface area contributed by atoms with Crippen LogP contribution in [0.3, 0.4) is 0 Å². The van der Waals surface area contributed by atoms with Crippen LogP contribution in [0.1, 0.15) is 24.9 Å². The highest BCUT2D eigenvalue weighted by Gasteiger charge is 2.05. The van der Waals surface area contributed by atoms with Gasteiger partial charge in [0.15, 0.2) is 11.6 Å². The van der Waals surface area contributed by atoms with E-state index in [1.54, 1.807) is 6.20 Å². The number of hydrogen-bond acceptors (Lipinski definition) is 4. The van der Waals surface area contributed by atoms with Crippen molar-refractivity contribution in [3.63, 3.8) is 0 Å². The van der Waals surface area contributed by atoms with Gasteiger partial charge < -0.3 is 10.6 Å². The van der Waals surface area contributed by atoms with Gasteiger partial charge in [-0.2, -0.15) is 5.10 Å². The Balaban J connectivity index is 1.50. The Morgan fingerprint density at radius 1 is 1.20 bits per heavy atom. The van der Waals surface area contributed by atoms with Crippen molar-refractivity contribution in [1.82, 2.24) is 35.0 Å². The van der Waals surface area contributed by atoms with Gasteiger partial charge in [-0.15, -0.1) is 10.2 Å². The Hall–Kier alpha value is -2.90. The van der Waals surface area contributed by atoms with E-state index in [-0.39, 0.29) is 0 Å². The predicted octanol–water partition coefficient (Wildman–Crippen LogP) is 1.15. The minimum absolute atomic E-state index is 0.598. The topological polar surface area (TPSA) is 84.4 Å². The molecule has 25 heavy (non-hydrogen) atoms. The molecule has 3 rings (SSSR count). The van der Waals surface area contributed by atoms with Gasteiger partial charge in [0.05, 0.1) is 12.2 Å². The second kappa shape index (κ2) is 8.27. The first-order valence-electron chi connectivity index (χ1n) is 8.55. The van der Waals surface area contributed by atoms with Crippen LogP contribution in [0, 0.1) is 0 Å². The summed E-state index contributed by atoms with van der Waals surface area (Å²) in [5, 5.41) is 19.2. The molecule has 132 valence electrons. The number of pyridine rings is 1. The fourth-order valence-electron chi connectivity index (χ4n) is 2.57. The third-order valence-corrected chi connectivity index (χ3v) is 3.92. The van der Waals surface area contributed by atoms with E-state index in [9.17, 15) is 0 Å². The highest BCUT2D eigenvalue weighted by molar-refractivity contribution is 5.79. The Morgan fingerprint density at radius 2 is 2.12 bits per heavy atom. The average molecular weight is 340 g/mol. The summed E-state index contributed by atoms with van der Waals surface area (Å²) in [6.45, 7) is 4.30. The first-order valence-corrected chi connectivity index (χ1v) is 8.55. The summed E-state index contributed by atoms with van der Waals surface area (Å²) in [5.41, 5.74) is 1.96. The van der Waals surface area contributed by atoms with Crippen LogP contribution >= 0.6 is 0 Å². The van der Waals surface area contributed by atoms with Crippen LogP contribution in [0.4, 0.5) is 0 Å². The molecule has 0 bridgehead atoms. The Kier molecular flexibility index (Phi) is 5.61. The van der Waals surface area contributed by atoms with Crippen LogP contribution in [0.2, 0.25) is 0 Å². The van der Waals surface area contributed by atoms with E-state index >= 15 is 0 Å². The number of hydrogen-bond donors (Lipinski definition) is 2. The SMILES string of the molecule is CCNC(=NCc1ccnn1C)NCCCc1nnc2ccccn12. The zero-order valence-electron chi connectivity index (χ0n) is 14.7. The minimum atomic E-state index is 0.598. The van der Waals surface area contributed by atoms with Gasteiger partial charge >= 0.3 is 0 Å². The molecule has 0 aromatic carbocycles. The molecule has 0 spiro atoms. The largest absolute Gasteiger partial charge is 0.357 e. The lowest BCUT2D eigenvalue weighted by molar-refractivity contribution is 0.697. The van der Waals surface area contributed by atoms with Crippen molar-refractivity contribution in [2.24, 2.45) is 12.0 Å². The molecule has 0 aliphatic carbocycles. The third kappa shape index (κ3) is 4.34. The number of rotatable bonds is 7. The molecule has 0 aliphatic heterocycles. The molecule has 0 saturated carbocycles. The smallest absolute Gasteiger partial charge is 0.191 e. The number of fused-ring (bicyclic) bond motifs is 1. The molecular weight excluding hydrogens is 316 g/mol. The van der Waals surface area contributed by atoms with Crippen molar-refractivity contribution < 1.29 is 0 Å². The summed E-state index contributed by atoms with van der Waals surface area (Å²) in [7, 11) is 1.92. The van der Waals surface area contributed by atoms with Crippen molar-refractivity contribution in [2.45, 2.75) is 26.3 Å². The summed E-state index contributed by atoms with van der Waals surface area (Å²) >= 11 is 0. The van der Waals surface area contributed by atoms with Crippen molar-refractivity contribution in [3.05, 3.63) is 48.2 Å². The number of guanidine groups is 1. The summed E-state index contributed by atoms with van der Waals surface area (Å²) < 4.78 is 3.87. The Morgan fingerprint density at radius 3 is 2.92 bits per heavy atom. The summed E-state index contributed by atoms with van der Waals surface area (Å²) in [6.07, 6.45) is 5.59. The summed E-state index contributed by atoms with van der Waals surface area (Å²) in [5.74, 6) is 1.80.